The van der Waals surface area contributed by atoms with Crippen molar-refractivity contribution in [2.45, 2.75) is 50.9 Å². The second-order valence-electron chi connectivity index (χ2n) is 4.57. The topological polar surface area (TPSA) is 113 Å². The van der Waals surface area contributed by atoms with Crippen molar-refractivity contribution in [3.63, 3.8) is 0 Å². The molecule has 1 saturated heterocycles. The van der Waals surface area contributed by atoms with Crippen molar-refractivity contribution in [3.8, 4) is 0 Å². The van der Waals surface area contributed by atoms with E-state index >= 15 is 0 Å². The van der Waals surface area contributed by atoms with Gasteiger partial charge in [-0.15, -0.1) is 0 Å². The number of carbonyl (C=O) groups is 1. The second-order valence-corrected chi connectivity index (χ2v) is 6.41. The molecule has 1 aliphatic heterocycles. The quantitative estimate of drug-likeness (QED) is 0.594. The fourth-order valence-corrected chi connectivity index (χ4v) is 2.97. The van der Waals surface area contributed by atoms with Crippen LogP contribution in [0.3, 0.4) is 0 Å². The van der Waals surface area contributed by atoms with Crippen LogP contribution in [0.25, 0.3) is 0 Å². The first-order valence-corrected chi connectivity index (χ1v) is 7.46. The summed E-state index contributed by atoms with van der Waals surface area (Å²) in [6.07, 6.45) is -7.00. The Morgan fingerprint density at radius 1 is 1.37 bits per heavy atom. The molecule has 7 nitrogen and oxygen atoms in total. The van der Waals surface area contributed by atoms with Crippen LogP contribution in [0, 0.1) is 0 Å². The van der Waals surface area contributed by atoms with Crippen LogP contribution in [-0.4, -0.2) is 60.9 Å². The Morgan fingerprint density at radius 2 is 1.95 bits per heavy atom. The van der Waals surface area contributed by atoms with Gasteiger partial charge in [-0.25, -0.2) is 12.8 Å². The molecule has 5 atom stereocenters. The summed E-state index contributed by atoms with van der Waals surface area (Å²) in [5.74, 6) is -1.24. The molecule has 112 valence electrons. The molecule has 1 aliphatic rings. The van der Waals surface area contributed by atoms with Gasteiger partial charge < -0.3 is 14.9 Å². The highest BCUT2D eigenvalue weighted by Gasteiger charge is 2.43. The van der Waals surface area contributed by atoms with Gasteiger partial charge in [0, 0.05) is 6.92 Å². The number of aliphatic hydroxyl groups is 2. The molecule has 0 aliphatic carbocycles. The van der Waals surface area contributed by atoms with Gasteiger partial charge in [0.15, 0.2) is 6.17 Å². The number of aliphatic hydroxyl groups excluding tert-OH is 2. The van der Waals surface area contributed by atoms with E-state index in [0.29, 0.717) is 0 Å². The lowest BCUT2D eigenvalue weighted by Gasteiger charge is -2.38. The summed E-state index contributed by atoms with van der Waals surface area (Å²) >= 11 is 0. The molecule has 3 unspecified atom stereocenters. The Balaban J connectivity index is 2.60. The fourth-order valence-electron chi connectivity index (χ4n) is 1.89. The Labute approximate surface area is 110 Å². The highest BCUT2D eigenvalue weighted by molar-refractivity contribution is 7.90. The van der Waals surface area contributed by atoms with Crippen molar-refractivity contribution in [1.29, 1.82) is 0 Å². The first-order valence-electron chi connectivity index (χ1n) is 5.81. The normalized spacial score (nSPS) is 35.9. The summed E-state index contributed by atoms with van der Waals surface area (Å²) in [5, 5.41) is 18.8. The molecule has 9 heteroatoms. The molecule has 1 fully saturated rings. The van der Waals surface area contributed by atoms with Crippen molar-refractivity contribution in [2.75, 3.05) is 5.75 Å². The van der Waals surface area contributed by atoms with E-state index in [4.69, 9.17) is 4.74 Å². The average Bonchev–Trinajstić information content (AvgIpc) is 2.28. The average molecular weight is 299 g/mol. The molecule has 0 aromatic carbocycles. The number of rotatable bonds is 4. The maximum absolute atomic E-state index is 13.7. The monoisotopic (exact) mass is 299 g/mol. The number of carbonyl (C=O) groups excluding carboxylic acids is 1. The minimum Gasteiger partial charge on any atom is -0.388 e. The summed E-state index contributed by atoms with van der Waals surface area (Å²) in [5.41, 5.74) is 0. The van der Waals surface area contributed by atoms with E-state index in [0.717, 1.165) is 6.92 Å². The van der Waals surface area contributed by atoms with Crippen LogP contribution in [0.2, 0.25) is 0 Å². The third kappa shape index (κ3) is 4.37. The molecule has 3 N–H and O–H groups in total. The number of nitrogens with one attached hydrogen (secondary N) is 1. The zero-order chi connectivity index (χ0) is 14.8. The standard InChI is InChI=1S/C10H18FNO6S/c1-5-9(14)10(15)8(11)7(18-5)3-4-19(16,17)12-6(2)13/h5,7-10,14-15H,3-4H2,1-2H3,(H,12,13)/t5?,7?,8?,9-,10+/m1/s1. The van der Waals surface area contributed by atoms with Crippen molar-refractivity contribution >= 4 is 15.9 Å². The first kappa shape index (κ1) is 16.3. The van der Waals surface area contributed by atoms with Crippen molar-refractivity contribution in [3.05, 3.63) is 0 Å². The fraction of sp³-hybridized carbons (Fsp3) is 0.900. The Hall–Kier alpha value is -0.770. The number of sulfonamides is 1. The molecule has 0 bridgehead atoms. The maximum atomic E-state index is 13.7. The number of amides is 1. The lowest BCUT2D eigenvalue weighted by atomic mass is 9.95. The Kier molecular flexibility index (Phi) is 5.25. The first-order chi connectivity index (χ1) is 8.64. The van der Waals surface area contributed by atoms with Gasteiger partial charge in [-0.1, -0.05) is 0 Å². The molecule has 1 rings (SSSR count). The van der Waals surface area contributed by atoms with E-state index in [9.17, 15) is 27.8 Å². The van der Waals surface area contributed by atoms with Crippen LogP contribution in [-0.2, 0) is 19.6 Å². The van der Waals surface area contributed by atoms with Crippen LogP contribution in [0.5, 0.6) is 0 Å². The summed E-state index contributed by atoms with van der Waals surface area (Å²) < 4.78 is 43.3. The van der Waals surface area contributed by atoms with Gasteiger partial charge in [0.25, 0.3) is 0 Å². The van der Waals surface area contributed by atoms with E-state index < -0.39 is 52.3 Å². The highest BCUT2D eigenvalue weighted by atomic mass is 32.2. The Bertz CT molecular complexity index is 428. The minimum atomic E-state index is -3.84. The summed E-state index contributed by atoms with van der Waals surface area (Å²) in [6.45, 7) is 2.50. The van der Waals surface area contributed by atoms with Gasteiger partial charge in [-0.05, 0) is 13.3 Å². The molecule has 19 heavy (non-hydrogen) atoms. The van der Waals surface area contributed by atoms with Crippen LogP contribution < -0.4 is 4.72 Å². The van der Waals surface area contributed by atoms with Gasteiger partial charge in [-0.2, -0.15) is 0 Å². The zero-order valence-electron chi connectivity index (χ0n) is 10.6. The molecule has 0 radical (unpaired) electrons. The van der Waals surface area contributed by atoms with E-state index in [1.165, 1.54) is 6.92 Å². The summed E-state index contributed by atoms with van der Waals surface area (Å²) in [4.78, 5) is 10.7. The van der Waals surface area contributed by atoms with Crippen LogP contribution in [0.1, 0.15) is 20.3 Å². The number of alkyl halides is 1. The van der Waals surface area contributed by atoms with Crippen LogP contribution in [0.15, 0.2) is 0 Å². The van der Waals surface area contributed by atoms with Gasteiger partial charge >= 0.3 is 0 Å². The summed E-state index contributed by atoms with van der Waals surface area (Å²) in [6, 6.07) is 0. The molecular formula is C10H18FNO6S. The number of hydrogen-bond acceptors (Lipinski definition) is 6. The van der Waals surface area contributed by atoms with Gasteiger partial charge in [0.05, 0.1) is 18.0 Å². The summed E-state index contributed by atoms with van der Waals surface area (Å²) in [7, 11) is -3.84. The molecule has 0 saturated carbocycles. The zero-order valence-corrected chi connectivity index (χ0v) is 11.4. The van der Waals surface area contributed by atoms with E-state index in [-0.39, 0.29) is 6.42 Å². The van der Waals surface area contributed by atoms with E-state index in [1.54, 1.807) is 4.72 Å². The van der Waals surface area contributed by atoms with E-state index in [2.05, 4.69) is 0 Å². The largest absolute Gasteiger partial charge is 0.388 e. The minimum absolute atomic E-state index is 0.224. The van der Waals surface area contributed by atoms with Crippen molar-refractivity contribution < 1.29 is 32.6 Å². The van der Waals surface area contributed by atoms with E-state index in [1.807, 2.05) is 0 Å². The molecule has 0 aromatic heterocycles. The van der Waals surface area contributed by atoms with Crippen LogP contribution in [0.4, 0.5) is 4.39 Å². The molecular weight excluding hydrogens is 281 g/mol. The van der Waals surface area contributed by atoms with Crippen molar-refractivity contribution in [1.82, 2.24) is 4.72 Å². The molecule has 1 amide bonds. The maximum Gasteiger partial charge on any atom is 0.234 e. The highest BCUT2D eigenvalue weighted by Crippen LogP contribution is 2.25. The number of halogens is 1. The third-order valence-electron chi connectivity index (χ3n) is 2.87. The number of hydrogen-bond donors (Lipinski definition) is 3. The van der Waals surface area contributed by atoms with Gasteiger partial charge in [-0.3, -0.25) is 9.52 Å². The molecule has 0 aromatic rings. The SMILES string of the molecule is CC(=O)NS(=O)(=O)CCC1OC(C)[C@@H](O)[C@@H](O)C1F. The smallest absolute Gasteiger partial charge is 0.234 e. The molecule has 0 spiro atoms. The van der Waals surface area contributed by atoms with Gasteiger partial charge in [0.1, 0.15) is 12.2 Å². The third-order valence-corrected chi connectivity index (χ3v) is 4.24. The van der Waals surface area contributed by atoms with Crippen LogP contribution >= 0.6 is 0 Å². The lowest BCUT2D eigenvalue weighted by molar-refractivity contribution is -0.198. The lowest BCUT2D eigenvalue weighted by Crippen LogP contribution is -2.55. The van der Waals surface area contributed by atoms with Crippen molar-refractivity contribution in [2.24, 2.45) is 0 Å². The number of ether oxygens (including phenoxy) is 1. The predicted octanol–water partition coefficient (Wildman–Crippen LogP) is -1.31. The predicted molar refractivity (Wildman–Crippen MR) is 63.5 cm³/mol. The Morgan fingerprint density at radius 3 is 2.47 bits per heavy atom. The molecule has 1 heterocycles. The van der Waals surface area contributed by atoms with Gasteiger partial charge in [0.2, 0.25) is 15.9 Å². The second kappa shape index (κ2) is 6.12.